The van der Waals surface area contributed by atoms with Crippen molar-refractivity contribution < 1.29 is 4.74 Å². The average Bonchev–Trinajstić information content (AvgIpc) is 2.77. The normalized spacial score (nSPS) is 13.2. The summed E-state index contributed by atoms with van der Waals surface area (Å²) in [7, 11) is 0. The Kier molecular flexibility index (Phi) is 2.80. The van der Waals surface area contributed by atoms with Crippen LogP contribution >= 0.6 is 0 Å². The van der Waals surface area contributed by atoms with Gasteiger partial charge in [-0.15, -0.1) is 0 Å². The first-order valence-corrected chi connectivity index (χ1v) is 6.42. The van der Waals surface area contributed by atoms with E-state index in [-0.39, 0.29) is 6.10 Å². The molecule has 0 aliphatic heterocycles. The second-order valence-corrected chi connectivity index (χ2v) is 4.54. The van der Waals surface area contributed by atoms with Gasteiger partial charge in [-0.05, 0) is 19.9 Å². The third-order valence-corrected chi connectivity index (χ3v) is 3.43. The molecule has 0 spiro atoms. The zero-order chi connectivity index (χ0) is 12.5. The van der Waals surface area contributed by atoms with Crippen molar-refractivity contribution in [2.45, 2.75) is 20.0 Å². The van der Waals surface area contributed by atoms with Crippen LogP contribution in [0.3, 0.4) is 0 Å². The number of ether oxygens (including phenoxy) is 1. The van der Waals surface area contributed by atoms with E-state index in [4.69, 9.17) is 4.74 Å². The summed E-state index contributed by atoms with van der Waals surface area (Å²) in [6.07, 6.45) is 0.117. The zero-order valence-electron chi connectivity index (χ0n) is 10.7. The molecule has 0 saturated carbocycles. The summed E-state index contributed by atoms with van der Waals surface area (Å²) in [6, 6.07) is 14.8. The number of para-hydroxylation sites is 2. The number of hydrogen-bond acceptors (Lipinski definition) is 1. The molecule has 1 unspecified atom stereocenters. The summed E-state index contributed by atoms with van der Waals surface area (Å²) in [5.41, 5.74) is 3.61. The molecular formula is C16H17NO. The van der Waals surface area contributed by atoms with Gasteiger partial charge >= 0.3 is 0 Å². The maximum atomic E-state index is 5.71. The van der Waals surface area contributed by atoms with Gasteiger partial charge in [0.05, 0.1) is 11.6 Å². The Morgan fingerprint density at radius 1 is 1.06 bits per heavy atom. The van der Waals surface area contributed by atoms with E-state index in [0.29, 0.717) is 0 Å². The molecular weight excluding hydrogens is 222 g/mol. The molecule has 0 bridgehead atoms. The first-order chi connectivity index (χ1) is 8.81. The molecule has 0 radical (unpaired) electrons. The fraction of sp³-hybridized carbons (Fsp3) is 0.250. The predicted octanol–water partition coefficient (Wildman–Crippen LogP) is 4.42. The van der Waals surface area contributed by atoms with Crippen molar-refractivity contribution in [1.29, 1.82) is 0 Å². The molecule has 0 fully saturated rings. The molecule has 2 nitrogen and oxygen atoms in total. The maximum absolute atomic E-state index is 5.71. The first-order valence-electron chi connectivity index (χ1n) is 6.42. The molecule has 92 valence electrons. The lowest BCUT2D eigenvalue weighted by molar-refractivity contribution is 0.0773. The Labute approximate surface area is 107 Å². The third-order valence-electron chi connectivity index (χ3n) is 3.43. The maximum Gasteiger partial charge on any atom is 0.0816 e. The molecule has 1 atom stereocenters. The highest BCUT2D eigenvalue weighted by molar-refractivity contribution is 6.08. The Bertz CT molecular complexity index is 684. The lowest BCUT2D eigenvalue weighted by atomic mass is 10.1. The van der Waals surface area contributed by atoms with Crippen LogP contribution in [0, 0.1) is 0 Å². The molecule has 2 heteroatoms. The summed E-state index contributed by atoms with van der Waals surface area (Å²) >= 11 is 0. The number of nitrogens with one attached hydrogen (secondary N) is 1. The van der Waals surface area contributed by atoms with Crippen molar-refractivity contribution in [3.8, 4) is 0 Å². The van der Waals surface area contributed by atoms with Gasteiger partial charge in [0.1, 0.15) is 0 Å². The van der Waals surface area contributed by atoms with Crippen molar-refractivity contribution in [3.05, 3.63) is 48.0 Å². The van der Waals surface area contributed by atoms with Gasteiger partial charge in [-0.1, -0.05) is 36.4 Å². The summed E-state index contributed by atoms with van der Waals surface area (Å²) < 4.78 is 5.71. The second-order valence-electron chi connectivity index (χ2n) is 4.54. The highest BCUT2D eigenvalue weighted by Gasteiger charge is 2.12. The Morgan fingerprint density at radius 3 is 2.67 bits per heavy atom. The van der Waals surface area contributed by atoms with Gasteiger partial charge in [-0.3, -0.25) is 0 Å². The van der Waals surface area contributed by atoms with E-state index < -0.39 is 0 Å². The van der Waals surface area contributed by atoms with E-state index in [0.717, 1.165) is 6.61 Å². The summed E-state index contributed by atoms with van der Waals surface area (Å²) in [5, 5.41) is 2.55. The number of benzene rings is 2. The second kappa shape index (κ2) is 4.46. The van der Waals surface area contributed by atoms with E-state index in [1.54, 1.807) is 0 Å². The Balaban J connectivity index is 2.27. The van der Waals surface area contributed by atoms with Gasteiger partial charge < -0.3 is 9.72 Å². The zero-order valence-corrected chi connectivity index (χ0v) is 10.7. The smallest absolute Gasteiger partial charge is 0.0816 e. The monoisotopic (exact) mass is 239 g/mol. The van der Waals surface area contributed by atoms with Crippen LogP contribution in [-0.4, -0.2) is 11.6 Å². The van der Waals surface area contributed by atoms with Gasteiger partial charge in [0.15, 0.2) is 0 Å². The molecule has 3 aromatic rings. The number of fused-ring (bicyclic) bond motifs is 3. The molecule has 0 saturated heterocycles. The number of H-pyrrole nitrogens is 1. The predicted molar refractivity (Wildman–Crippen MR) is 75.8 cm³/mol. The van der Waals surface area contributed by atoms with Gasteiger partial charge in [-0.2, -0.15) is 0 Å². The highest BCUT2D eigenvalue weighted by Crippen LogP contribution is 2.31. The van der Waals surface area contributed by atoms with Crippen molar-refractivity contribution in [2.24, 2.45) is 0 Å². The van der Waals surface area contributed by atoms with Gasteiger partial charge in [0.25, 0.3) is 0 Å². The molecule has 0 aliphatic carbocycles. The number of rotatable bonds is 3. The van der Waals surface area contributed by atoms with E-state index in [9.17, 15) is 0 Å². The van der Waals surface area contributed by atoms with Gasteiger partial charge in [0.2, 0.25) is 0 Å². The molecule has 3 rings (SSSR count). The molecule has 2 aromatic carbocycles. The van der Waals surface area contributed by atoms with E-state index in [1.807, 2.05) is 6.92 Å². The minimum atomic E-state index is 0.117. The van der Waals surface area contributed by atoms with E-state index >= 15 is 0 Å². The van der Waals surface area contributed by atoms with Crippen molar-refractivity contribution in [3.63, 3.8) is 0 Å². The average molecular weight is 239 g/mol. The summed E-state index contributed by atoms with van der Waals surface area (Å²) in [4.78, 5) is 3.51. The quantitative estimate of drug-likeness (QED) is 0.719. The van der Waals surface area contributed by atoms with Crippen molar-refractivity contribution in [1.82, 2.24) is 4.98 Å². The van der Waals surface area contributed by atoms with Crippen LogP contribution in [0.2, 0.25) is 0 Å². The minimum Gasteiger partial charge on any atom is -0.374 e. The lowest BCUT2D eigenvalue weighted by Crippen LogP contribution is -2.00. The van der Waals surface area contributed by atoms with E-state index in [1.165, 1.54) is 27.4 Å². The fourth-order valence-corrected chi connectivity index (χ4v) is 2.57. The standard InChI is InChI=1S/C16H17NO/c1-3-18-11(2)12-8-6-9-14-13-7-4-5-10-15(13)17-16(12)14/h4-11,17H,3H2,1-2H3. The van der Waals surface area contributed by atoms with Crippen LogP contribution in [0.4, 0.5) is 0 Å². The van der Waals surface area contributed by atoms with Gasteiger partial charge in [-0.25, -0.2) is 0 Å². The number of aromatic amines is 1. The largest absolute Gasteiger partial charge is 0.374 e. The van der Waals surface area contributed by atoms with Crippen LogP contribution in [-0.2, 0) is 4.74 Å². The highest BCUT2D eigenvalue weighted by atomic mass is 16.5. The molecule has 1 heterocycles. The topological polar surface area (TPSA) is 25.0 Å². The fourth-order valence-electron chi connectivity index (χ4n) is 2.57. The lowest BCUT2D eigenvalue weighted by Gasteiger charge is -2.12. The molecule has 18 heavy (non-hydrogen) atoms. The van der Waals surface area contributed by atoms with E-state index in [2.05, 4.69) is 54.4 Å². The minimum absolute atomic E-state index is 0.117. The Hall–Kier alpha value is -1.80. The van der Waals surface area contributed by atoms with Crippen LogP contribution < -0.4 is 0 Å². The number of aromatic nitrogens is 1. The Morgan fingerprint density at radius 2 is 1.83 bits per heavy atom. The molecule has 1 N–H and O–H groups in total. The van der Waals surface area contributed by atoms with Gasteiger partial charge in [0, 0.05) is 28.5 Å². The van der Waals surface area contributed by atoms with Crippen molar-refractivity contribution >= 4 is 21.8 Å². The molecule has 0 amide bonds. The summed E-state index contributed by atoms with van der Waals surface area (Å²) in [6.45, 7) is 4.86. The molecule has 0 aliphatic rings. The van der Waals surface area contributed by atoms with Crippen LogP contribution in [0.25, 0.3) is 21.8 Å². The van der Waals surface area contributed by atoms with Crippen LogP contribution in [0.1, 0.15) is 25.5 Å². The third kappa shape index (κ3) is 1.70. The van der Waals surface area contributed by atoms with Crippen LogP contribution in [0.5, 0.6) is 0 Å². The number of hydrogen-bond donors (Lipinski definition) is 1. The first kappa shape index (κ1) is 11.3. The molecule has 1 aromatic heterocycles. The summed E-state index contributed by atoms with van der Waals surface area (Å²) in [5.74, 6) is 0. The SMILES string of the molecule is CCOC(C)c1cccc2c1[nH]c1ccccc12. The van der Waals surface area contributed by atoms with Crippen molar-refractivity contribution in [2.75, 3.05) is 6.61 Å². The van der Waals surface area contributed by atoms with Crippen LogP contribution in [0.15, 0.2) is 42.5 Å².